The van der Waals surface area contributed by atoms with E-state index >= 15 is 0 Å². The first-order chi connectivity index (χ1) is 13.6. The zero-order chi connectivity index (χ0) is 19.7. The highest BCUT2D eigenvalue weighted by Gasteiger charge is 2.22. The molecule has 0 atom stereocenters. The molecule has 0 saturated heterocycles. The van der Waals surface area contributed by atoms with Gasteiger partial charge < -0.3 is 10.1 Å². The van der Waals surface area contributed by atoms with Crippen molar-refractivity contribution in [3.63, 3.8) is 0 Å². The number of nitrogens with zero attached hydrogens (tertiary/aromatic N) is 2. The summed E-state index contributed by atoms with van der Waals surface area (Å²) in [6, 6.07) is 7.26. The molecule has 146 valence electrons. The molecule has 1 aliphatic heterocycles. The van der Waals surface area contributed by atoms with E-state index in [1.807, 2.05) is 26.0 Å². The van der Waals surface area contributed by atoms with Crippen LogP contribution in [0.25, 0.3) is 10.2 Å². The number of fused-ring (bicyclic) bond motifs is 2. The number of nitrogens with one attached hydrogen (secondary N) is 1. The maximum Gasteiger partial charge on any atom is 0.266 e. The maximum atomic E-state index is 13.0. The zero-order valence-corrected chi connectivity index (χ0v) is 16.9. The van der Waals surface area contributed by atoms with Crippen molar-refractivity contribution in [1.82, 2.24) is 9.55 Å². The van der Waals surface area contributed by atoms with E-state index in [1.165, 1.54) is 11.3 Å². The molecule has 3 aromatic rings. The smallest absolute Gasteiger partial charge is 0.266 e. The summed E-state index contributed by atoms with van der Waals surface area (Å²) in [5, 5.41) is 3.48. The summed E-state index contributed by atoms with van der Waals surface area (Å²) in [5.74, 6) is 1.39. The normalized spacial score (nSPS) is 13.8. The van der Waals surface area contributed by atoms with Crippen molar-refractivity contribution in [3.8, 4) is 5.75 Å². The maximum absolute atomic E-state index is 13.0. The number of ether oxygens (including phenoxy) is 1. The van der Waals surface area contributed by atoms with Gasteiger partial charge in [-0.3, -0.25) is 14.2 Å². The lowest BCUT2D eigenvalue weighted by Crippen LogP contribution is -2.24. The number of hydrogen-bond donors (Lipinski definition) is 1. The van der Waals surface area contributed by atoms with Gasteiger partial charge >= 0.3 is 0 Å². The van der Waals surface area contributed by atoms with Crippen LogP contribution in [0.3, 0.4) is 0 Å². The minimum atomic E-state index is -0.218. The molecule has 1 N–H and O–H groups in total. The predicted octanol–water partition coefficient (Wildman–Crippen LogP) is 4.14. The van der Waals surface area contributed by atoms with Gasteiger partial charge in [0.05, 0.1) is 16.9 Å². The molecule has 0 unspecified atom stereocenters. The minimum Gasteiger partial charge on any atom is -0.494 e. The number of rotatable bonds is 4. The molecule has 6 nitrogen and oxygen atoms in total. The first-order valence-electron chi connectivity index (χ1n) is 9.65. The first-order valence-corrected chi connectivity index (χ1v) is 10.5. The van der Waals surface area contributed by atoms with Crippen molar-refractivity contribution in [2.24, 2.45) is 0 Å². The van der Waals surface area contributed by atoms with Gasteiger partial charge in [-0.05, 0) is 56.5 Å². The van der Waals surface area contributed by atoms with Gasteiger partial charge in [-0.15, -0.1) is 11.3 Å². The van der Waals surface area contributed by atoms with Crippen LogP contribution in [0.5, 0.6) is 5.75 Å². The van der Waals surface area contributed by atoms with E-state index in [2.05, 4.69) is 5.32 Å². The summed E-state index contributed by atoms with van der Waals surface area (Å²) >= 11 is 1.30. The largest absolute Gasteiger partial charge is 0.494 e. The van der Waals surface area contributed by atoms with Crippen molar-refractivity contribution in [2.75, 3.05) is 11.9 Å². The molecular weight excluding hydrogens is 374 g/mol. The van der Waals surface area contributed by atoms with Gasteiger partial charge in [0, 0.05) is 18.7 Å². The summed E-state index contributed by atoms with van der Waals surface area (Å²) in [6.45, 7) is 5.06. The van der Waals surface area contributed by atoms with Gasteiger partial charge in [-0.1, -0.05) is 6.42 Å². The topological polar surface area (TPSA) is 73.2 Å². The van der Waals surface area contributed by atoms with Crippen LogP contribution >= 0.6 is 11.3 Å². The third-order valence-corrected chi connectivity index (χ3v) is 6.23. The average molecular weight is 398 g/mol. The molecule has 4 rings (SSSR count). The fraction of sp³-hybridized carbons (Fsp3) is 0.381. The molecule has 0 fully saturated rings. The molecule has 1 amide bonds. The molecule has 0 saturated carbocycles. The Bertz CT molecular complexity index is 1080. The molecule has 0 spiro atoms. The van der Waals surface area contributed by atoms with Crippen LogP contribution in [0, 0.1) is 6.92 Å². The summed E-state index contributed by atoms with van der Waals surface area (Å²) in [7, 11) is 0. The standard InChI is InChI=1S/C21H23N3O3S/c1-3-27-15-10-8-14(9-11-15)22-19(25)18-13(2)17-20(28-18)23-16-7-5-4-6-12-24(16)21(17)26/h8-11H,3-7,12H2,1-2H3,(H,22,25). The van der Waals surface area contributed by atoms with Crippen LogP contribution in [-0.4, -0.2) is 22.1 Å². The summed E-state index contributed by atoms with van der Waals surface area (Å²) in [4.78, 5) is 31.8. The molecule has 28 heavy (non-hydrogen) atoms. The Morgan fingerprint density at radius 1 is 1.25 bits per heavy atom. The number of carbonyl (C=O) groups excluding carboxylic acids is 1. The van der Waals surface area contributed by atoms with Crippen LogP contribution in [-0.2, 0) is 13.0 Å². The van der Waals surface area contributed by atoms with Crippen LogP contribution in [0.1, 0.15) is 47.2 Å². The van der Waals surface area contributed by atoms with Crippen LogP contribution in [0.15, 0.2) is 29.1 Å². The Morgan fingerprint density at radius 3 is 2.79 bits per heavy atom. The molecule has 0 radical (unpaired) electrons. The van der Waals surface area contributed by atoms with Crippen LogP contribution in [0.2, 0.25) is 0 Å². The molecule has 7 heteroatoms. The highest BCUT2D eigenvalue weighted by Crippen LogP contribution is 2.29. The molecule has 3 heterocycles. The highest BCUT2D eigenvalue weighted by atomic mass is 32.1. The number of aryl methyl sites for hydroxylation is 2. The molecule has 0 aliphatic carbocycles. The van der Waals surface area contributed by atoms with Crippen LogP contribution in [0.4, 0.5) is 5.69 Å². The number of carbonyl (C=O) groups is 1. The Labute approximate surface area is 167 Å². The first kappa shape index (κ1) is 18.7. The molecule has 1 aliphatic rings. The van der Waals surface area contributed by atoms with Gasteiger partial charge in [-0.25, -0.2) is 4.98 Å². The van der Waals surface area contributed by atoms with Crippen molar-refractivity contribution in [2.45, 2.75) is 46.1 Å². The van der Waals surface area contributed by atoms with Crippen molar-refractivity contribution in [1.29, 1.82) is 0 Å². The Morgan fingerprint density at radius 2 is 2.04 bits per heavy atom. The van der Waals surface area contributed by atoms with Crippen LogP contribution < -0.4 is 15.6 Å². The second-order valence-corrected chi connectivity index (χ2v) is 7.94. The lowest BCUT2D eigenvalue weighted by molar-refractivity contribution is 0.103. The lowest BCUT2D eigenvalue weighted by atomic mass is 10.2. The number of hydrogen-bond acceptors (Lipinski definition) is 5. The summed E-state index contributed by atoms with van der Waals surface area (Å²) < 4.78 is 7.22. The van der Waals surface area contributed by atoms with E-state index in [4.69, 9.17) is 9.72 Å². The van der Waals surface area contributed by atoms with Gasteiger partial charge in [-0.2, -0.15) is 0 Å². The number of benzene rings is 1. The number of anilines is 1. The van der Waals surface area contributed by atoms with Gasteiger partial charge in [0.15, 0.2) is 0 Å². The number of thiophene rings is 1. The molecule has 2 aromatic heterocycles. The van der Waals surface area contributed by atoms with Crippen molar-refractivity contribution in [3.05, 3.63) is 50.9 Å². The Kier molecular flexibility index (Phi) is 5.17. The second-order valence-electron chi connectivity index (χ2n) is 6.94. The van der Waals surface area contributed by atoms with Gasteiger partial charge in [0.2, 0.25) is 0 Å². The number of aromatic nitrogens is 2. The van der Waals surface area contributed by atoms with E-state index in [-0.39, 0.29) is 11.5 Å². The van der Waals surface area contributed by atoms with E-state index < -0.39 is 0 Å². The predicted molar refractivity (Wildman–Crippen MR) is 112 cm³/mol. The van der Waals surface area contributed by atoms with Gasteiger partial charge in [0.1, 0.15) is 16.4 Å². The molecular formula is C21H23N3O3S. The fourth-order valence-corrected chi connectivity index (χ4v) is 4.70. The molecule has 0 bridgehead atoms. The average Bonchev–Trinajstić information content (AvgIpc) is 2.86. The quantitative estimate of drug-likeness (QED) is 0.718. The van der Waals surface area contributed by atoms with Crippen molar-refractivity contribution < 1.29 is 9.53 Å². The number of amides is 1. The third-order valence-electron chi connectivity index (χ3n) is 5.04. The third kappa shape index (κ3) is 3.42. The van der Waals surface area contributed by atoms with Crippen molar-refractivity contribution >= 4 is 33.1 Å². The fourth-order valence-electron chi connectivity index (χ4n) is 3.62. The van der Waals surface area contributed by atoms with E-state index in [0.717, 1.165) is 37.3 Å². The monoisotopic (exact) mass is 397 g/mol. The minimum absolute atomic E-state index is 0.0178. The molecule has 1 aromatic carbocycles. The van der Waals surface area contributed by atoms with E-state index in [0.29, 0.717) is 39.5 Å². The van der Waals surface area contributed by atoms with E-state index in [1.54, 1.807) is 16.7 Å². The zero-order valence-electron chi connectivity index (χ0n) is 16.1. The lowest BCUT2D eigenvalue weighted by Gasteiger charge is -2.08. The second kappa shape index (κ2) is 7.75. The SMILES string of the molecule is CCOc1ccc(NC(=O)c2sc3nc4n(c(=O)c3c2C)CCCCC4)cc1. The summed E-state index contributed by atoms with van der Waals surface area (Å²) in [6.07, 6.45) is 3.97. The van der Waals surface area contributed by atoms with Gasteiger partial charge in [0.25, 0.3) is 11.5 Å². The highest BCUT2D eigenvalue weighted by molar-refractivity contribution is 7.20. The summed E-state index contributed by atoms with van der Waals surface area (Å²) in [5.41, 5.74) is 1.38. The Balaban J connectivity index is 1.67. The Hall–Kier alpha value is -2.67. The van der Waals surface area contributed by atoms with E-state index in [9.17, 15) is 9.59 Å².